The van der Waals surface area contributed by atoms with Crippen LogP contribution in [0, 0.1) is 0 Å². The van der Waals surface area contributed by atoms with Gasteiger partial charge in [0.15, 0.2) is 6.61 Å². The molecule has 0 radical (unpaired) electrons. The molecule has 0 aliphatic heterocycles. The van der Waals surface area contributed by atoms with Crippen molar-refractivity contribution in [2.75, 3.05) is 13.7 Å². The highest BCUT2D eigenvalue weighted by Gasteiger charge is 2.18. The third kappa shape index (κ3) is 5.48. The summed E-state index contributed by atoms with van der Waals surface area (Å²) in [6, 6.07) is 10.8. The number of sulfonamides is 1. The molecule has 0 bridgehead atoms. The topological polar surface area (TPSA) is 121 Å². The Morgan fingerprint density at radius 1 is 1.17 bits per heavy atom. The standard InChI is InChI=1S/C18H15Cl2N3O6S/c1-27-12-4-2-3-11(7-12)18-22-16(29-23-18)10-28-17(24)9-21-30(25,26)13-5-6-14(19)15(20)8-13/h2-8,21H,9-10H2,1H3. The molecule has 158 valence electrons. The summed E-state index contributed by atoms with van der Waals surface area (Å²) in [7, 11) is -2.44. The van der Waals surface area contributed by atoms with Gasteiger partial charge in [-0.3, -0.25) is 4.79 Å². The summed E-state index contributed by atoms with van der Waals surface area (Å²) in [4.78, 5) is 15.9. The van der Waals surface area contributed by atoms with E-state index >= 15 is 0 Å². The maximum absolute atomic E-state index is 12.2. The van der Waals surface area contributed by atoms with Crippen LogP contribution < -0.4 is 9.46 Å². The molecule has 3 aromatic rings. The Labute approximate surface area is 181 Å². The Kier molecular flexibility index (Phi) is 6.93. The van der Waals surface area contributed by atoms with E-state index in [9.17, 15) is 13.2 Å². The first-order valence-electron chi connectivity index (χ1n) is 8.36. The van der Waals surface area contributed by atoms with Crippen molar-refractivity contribution >= 4 is 39.2 Å². The van der Waals surface area contributed by atoms with Crippen LogP contribution >= 0.6 is 23.2 Å². The average molecular weight is 472 g/mol. The third-order valence-electron chi connectivity index (χ3n) is 3.76. The van der Waals surface area contributed by atoms with Crippen molar-refractivity contribution in [3.63, 3.8) is 0 Å². The van der Waals surface area contributed by atoms with E-state index in [-0.39, 0.29) is 27.4 Å². The normalized spacial score (nSPS) is 11.3. The maximum Gasteiger partial charge on any atom is 0.321 e. The molecule has 0 unspecified atom stereocenters. The number of methoxy groups -OCH3 is 1. The second-order valence-corrected chi connectivity index (χ2v) is 8.39. The molecular weight excluding hydrogens is 457 g/mol. The van der Waals surface area contributed by atoms with E-state index in [1.807, 2.05) is 0 Å². The number of benzene rings is 2. The van der Waals surface area contributed by atoms with Gasteiger partial charge in [-0.25, -0.2) is 8.42 Å². The van der Waals surface area contributed by atoms with Crippen LogP contribution in [-0.2, 0) is 26.2 Å². The first-order valence-corrected chi connectivity index (χ1v) is 10.6. The highest BCUT2D eigenvalue weighted by Crippen LogP contribution is 2.24. The van der Waals surface area contributed by atoms with E-state index in [4.69, 9.17) is 37.2 Å². The van der Waals surface area contributed by atoms with E-state index in [1.165, 1.54) is 25.3 Å². The van der Waals surface area contributed by atoms with Crippen LogP contribution in [0.2, 0.25) is 10.0 Å². The quantitative estimate of drug-likeness (QED) is 0.497. The largest absolute Gasteiger partial charge is 0.497 e. The summed E-state index contributed by atoms with van der Waals surface area (Å²) in [5.41, 5.74) is 0.657. The number of hydrogen-bond acceptors (Lipinski definition) is 8. The summed E-state index contributed by atoms with van der Waals surface area (Å²) in [6.07, 6.45) is 0. The second-order valence-electron chi connectivity index (χ2n) is 5.80. The van der Waals surface area contributed by atoms with E-state index in [0.717, 1.165) is 0 Å². The molecule has 30 heavy (non-hydrogen) atoms. The minimum atomic E-state index is -3.97. The van der Waals surface area contributed by atoms with E-state index in [1.54, 1.807) is 24.3 Å². The molecule has 12 heteroatoms. The molecule has 9 nitrogen and oxygen atoms in total. The van der Waals surface area contributed by atoms with E-state index < -0.39 is 22.5 Å². The molecule has 1 aromatic heterocycles. The van der Waals surface area contributed by atoms with Crippen molar-refractivity contribution in [3.8, 4) is 17.1 Å². The zero-order valence-corrected chi connectivity index (χ0v) is 17.8. The lowest BCUT2D eigenvalue weighted by atomic mass is 10.2. The van der Waals surface area contributed by atoms with E-state index in [2.05, 4.69) is 14.9 Å². The van der Waals surface area contributed by atoms with Crippen LogP contribution in [-0.4, -0.2) is 38.2 Å². The number of aromatic nitrogens is 2. The van der Waals surface area contributed by atoms with Crippen LogP contribution in [0.1, 0.15) is 5.89 Å². The van der Waals surface area contributed by atoms with Gasteiger partial charge in [-0.05, 0) is 30.3 Å². The first-order chi connectivity index (χ1) is 14.3. The van der Waals surface area contributed by atoms with Gasteiger partial charge in [0.05, 0.1) is 22.1 Å². The van der Waals surface area contributed by atoms with Gasteiger partial charge in [-0.1, -0.05) is 40.5 Å². The van der Waals surface area contributed by atoms with Gasteiger partial charge in [0.1, 0.15) is 12.3 Å². The number of carbonyl (C=O) groups is 1. The molecule has 0 spiro atoms. The number of halogens is 2. The smallest absolute Gasteiger partial charge is 0.321 e. The SMILES string of the molecule is COc1cccc(-c2noc(COC(=O)CNS(=O)(=O)c3ccc(Cl)c(Cl)c3)n2)c1. The number of nitrogens with one attached hydrogen (secondary N) is 1. The summed E-state index contributed by atoms with van der Waals surface area (Å²) < 4.78 is 41.7. The number of nitrogens with zero attached hydrogens (tertiary/aromatic N) is 2. The molecule has 0 amide bonds. The van der Waals surface area contributed by atoms with Gasteiger partial charge in [-0.15, -0.1) is 0 Å². The van der Waals surface area contributed by atoms with Crippen LogP contribution in [0.4, 0.5) is 0 Å². The lowest BCUT2D eigenvalue weighted by molar-refractivity contribution is -0.144. The lowest BCUT2D eigenvalue weighted by Gasteiger charge is -2.07. The van der Waals surface area contributed by atoms with Gasteiger partial charge in [0, 0.05) is 5.56 Å². The van der Waals surface area contributed by atoms with Crippen LogP contribution in [0.5, 0.6) is 5.75 Å². The zero-order valence-electron chi connectivity index (χ0n) is 15.5. The third-order valence-corrected chi connectivity index (χ3v) is 5.90. The minimum absolute atomic E-state index is 0.0495. The average Bonchev–Trinajstić information content (AvgIpc) is 3.22. The van der Waals surface area contributed by atoms with Crippen molar-refractivity contribution in [3.05, 3.63) is 58.4 Å². The highest BCUT2D eigenvalue weighted by atomic mass is 35.5. The van der Waals surface area contributed by atoms with Gasteiger partial charge in [0.2, 0.25) is 15.8 Å². The fraction of sp³-hybridized carbons (Fsp3) is 0.167. The van der Waals surface area contributed by atoms with Crippen molar-refractivity contribution in [2.24, 2.45) is 0 Å². The van der Waals surface area contributed by atoms with Crippen molar-refractivity contribution < 1.29 is 27.2 Å². The Bertz CT molecular complexity index is 1170. The fourth-order valence-electron chi connectivity index (χ4n) is 2.27. The summed E-state index contributed by atoms with van der Waals surface area (Å²) in [6.45, 7) is -0.913. The second kappa shape index (κ2) is 9.43. The first kappa shape index (κ1) is 22.0. The monoisotopic (exact) mass is 471 g/mol. The van der Waals surface area contributed by atoms with Crippen molar-refractivity contribution in [2.45, 2.75) is 11.5 Å². The molecule has 1 N–H and O–H groups in total. The molecule has 1 heterocycles. The molecular formula is C18H15Cl2N3O6S. The van der Waals surface area contributed by atoms with Gasteiger partial charge >= 0.3 is 5.97 Å². The number of ether oxygens (including phenoxy) is 2. The van der Waals surface area contributed by atoms with Gasteiger partial charge in [-0.2, -0.15) is 9.71 Å². The Hall–Kier alpha value is -2.66. The maximum atomic E-state index is 12.2. The molecule has 0 aliphatic rings. The number of carbonyl (C=O) groups excluding carboxylic acids is 1. The molecule has 3 rings (SSSR count). The molecule has 2 aromatic carbocycles. The molecule has 0 saturated heterocycles. The van der Waals surface area contributed by atoms with E-state index in [0.29, 0.717) is 17.1 Å². The number of rotatable bonds is 8. The van der Waals surface area contributed by atoms with Crippen LogP contribution in [0.3, 0.4) is 0 Å². The molecule has 0 fully saturated rings. The van der Waals surface area contributed by atoms with Crippen molar-refractivity contribution in [1.82, 2.24) is 14.9 Å². The summed E-state index contributed by atoms with van der Waals surface area (Å²) in [5.74, 6) is 0.132. The fourth-order valence-corrected chi connectivity index (χ4v) is 3.62. The molecule has 0 atom stereocenters. The zero-order chi connectivity index (χ0) is 21.7. The van der Waals surface area contributed by atoms with Crippen LogP contribution in [0.15, 0.2) is 51.9 Å². The number of esters is 1. The Morgan fingerprint density at radius 3 is 2.70 bits per heavy atom. The Balaban J connectivity index is 1.55. The predicted octanol–water partition coefficient (Wildman–Crippen LogP) is 3.07. The lowest BCUT2D eigenvalue weighted by Crippen LogP contribution is -2.30. The molecule has 0 saturated carbocycles. The minimum Gasteiger partial charge on any atom is -0.497 e. The van der Waals surface area contributed by atoms with Gasteiger partial charge < -0.3 is 14.0 Å². The van der Waals surface area contributed by atoms with Gasteiger partial charge in [0.25, 0.3) is 5.89 Å². The Morgan fingerprint density at radius 2 is 1.97 bits per heavy atom. The highest BCUT2D eigenvalue weighted by molar-refractivity contribution is 7.89. The summed E-state index contributed by atoms with van der Waals surface area (Å²) in [5, 5.41) is 4.10. The molecule has 0 aliphatic carbocycles. The summed E-state index contributed by atoms with van der Waals surface area (Å²) >= 11 is 11.6. The van der Waals surface area contributed by atoms with Crippen LogP contribution in [0.25, 0.3) is 11.4 Å². The van der Waals surface area contributed by atoms with Crippen molar-refractivity contribution in [1.29, 1.82) is 0 Å². The predicted molar refractivity (Wildman–Crippen MR) is 108 cm³/mol. The number of hydrogen-bond donors (Lipinski definition) is 1.